The molecule has 0 aliphatic heterocycles. The van der Waals surface area contributed by atoms with Gasteiger partial charge in [0, 0.05) is 0 Å². The Bertz CT molecular complexity index is 228. The number of aromatic hydroxyl groups is 1. The standard InChI is InChI=1S/C9H11O/c1-3-8-6-4-5-7(2)9(8)10/h5-6,10H,3H2,1-2H3. The first kappa shape index (κ1) is 7.13. The van der Waals surface area contributed by atoms with Crippen molar-refractivity contribution in [3.63, 3.8) is 0 Å². The van der Waals surface area contributed by atoms with Gasteiger partial charge in [0.2, 0.25) is 0 Å². The number of phenols is 1. The van der Waals surface area contributed by atoms with E-state index < -0.39 is 0 Å². The van der Waals surface area contributed by atoms with E-state index >= 15 is 0 Å². The van der Waals surface area contributed by atoms with E-state index in [1.54, 1.807) is 6.07 Å². The maximum absolute atomic E-state index is 9.38. The summed E-state index contributed by atoms with van der Waals surface area (Å²) in [4.78, 5) is 0. The lowest BCUT2D eigenvalue weighted by Crippen LogP contribution is -1.83. The van der Waals surface area contributed by atoms with Gasteiger partial charge in [0.25, 0.3) is 0 Å². The molecule has 1 heteroatoms. The molecule has 0 atom stereocenters. The molecule has 0 amide bonds. The van der Waals surface area contributed by atoms with Crippen molar-refractivity contribution >= 4 is 0 Å². The number of aryl methyl sites for hydroxylation is 2. The molecular formula is C9H11O. The van der Waals surface area contributed by atoms with Crippen molar-refractivity contribution in [3.8, 4) is 5.75 Å². The van der Waals surface area contributed by atoms with Gasteiger partial charge < -0.3 is 5.11 Å². The van der Waals surface area contributed by atoms with Crippen molar-refractivity contribution in [1.82, 2.24) is 0 Å². The van der Waals surface area contributed by atoms with Gasteiger partial charge in [-0.3, -0.25) is 0 Å². The lowest BCUT2D eigenvalue weighted by Gasteiger charge is -2.02. The zero-order valence-electron chi connectivity index (χ0n) is 6.31. The Morgan fingerprint density at radius 3 is 2.70 bits per heavy atom. The van der Waals surface area contributed by atoms with E-state index in [1.165, 1.54) is 0 Å². The highest BCUT2D eigenvalue weighted by atomic mass is 16.3. The van der Waals surface area contributed by atoms with Crippen LogP contribution < -0.4 is 0 Å². The van der Waals surface area contributed by atoms with Crippen LogP contribution in [0, 0.1) is 13.0 Å². The van der Waals surface area contributed by atoms with Crippen molar-refractivity contribution in [3.05, 3.63) is 29.3 Å². The Morgan fingerprint density at radius 2 is 2.20 bits per heavy atom. The predicted molar refractivity (Wildman–Crippen MR) is 41.1 cm³/mol. The summed E-state index contributed by atoms with van der Waals surface area (Å²) in [5.74, 6) is 0.418. The first-order chi connectivity index (χ1) is 4.75. The molecule has 0 saturated carbocycles. The van der Waals surface area contributed by atoms with Crippen LogP contribution in [0.1, 0.15) is 18.1 Å². The molecule has 0 fully saturated rings. The molecule has 1 nitrogen and oxygen atoms in total. The van der Waals surface area contributed by atoms with Crippen LogP contribution in [0.5, 0.6) is 5.75 Å². The molecule has 0 unspecified atom stereocenters. The molecule has 0 aromatic heterocycles. The number of rotatable bonds is 1. The molecule has 1 radical (unpaired) electrons. The first-order valence-corrected chi connectivity index (χ1v) is 3.44. The topological polar surface area (TPSA) is 20.2 Å². The van der Waals surface area contributed by atoms with Crippen LogP contribution in [0.15, 0.2) is 12.1 Å². The summed E-state index contributed by atoms with van der Waals surface area (Å²) in [6.45, 7) is 3.90. The van der Waals surface area contributed by atoms with E-state index in [0.29, 0.717) is 5.75 Å². The second-order valence-corrected chi connectivity index (χ2v) is 2.37. The summed E-state index contributed by atoms with van der Waals surface area (Å²) in [6.07, 6.45) is 0.865. The van der Waals surface area contributed by atoms with Gasteiger partial charge in [0.1, 0.15) is 5.75 Å². The monoisotopic (exact) mass is 135 g/mol. The smallest absolute Gasteiger partial charge is 0.121 e. The lowest BCUT2D eigenvalue weighted by molar-refractivity contribution is 0.464. The molecule has 1 aromatic rings. The van der Waals surface area contributed by atoms with Crippen LogP contribution in [-0.4, -0.2) is 5.11 Å². The normalized spacial score (nSPS) is 9.80. The molecule has 0 heterocycles. The van der Waals surface area contributed by atoms with Gasteiger partial charge in [-0.25, -0.2) is 0 Å². The first-order valence-electron chi connectivity index (χ1n) is 3.44. The second-order valence-electron chi connectivity index (χ2n) is 2.37. The average Bonchev–Trinajstić information content (AvgIpc) is 1.95. The highest BCUT2D eigenvalue weighted by molar-refractivity contribution is 5.38. The summed E-state index contributed by atoms with van der Waals surface area (Å²) in [5, 5.41) is 9.38. The fourth-order valence-corrected chi connectivity index (χ4v) is 0.927. The minimum absolute atomic E-state index is 0.418. The Hall–Kier alpha value is -0.980. The van der Waals surface area contributed by atoms with Gasteiger partial charge in [0.15, 0.2) is 0 Å². The number of phenolic OH excluding ortho intramolecular Hbond substituents is 1. The van der Waals surface area contributed by atoms with Gasteiger partial charge in [-0.2, -0.15) is 0 Å². The average molecular weight is 135 g/mol. The fraction of sp³-hybridized carbons (Fsp3) is 0.333. The van der Waals surface area contributed by atoms with E-state index in [2.05, 4.69) is 6.07 Å². The molecule has 1 rings (SSSR count). The van der Waals surface area contributed by atoms with Gasteiger partial charge in [-0.1, -0.05) is 6.92 Å². The molecule has 53 valence electrons. The SMILES string of the molecule is CCc1c[c]cc(C)c1O. The van der Waals surface area contributed by atoms with Crippen LogP contribution in [0.4, 0.5) is 0 Å². The van der Waals surface area contributed by atoms with Crippen LogP contribution in [0.25, 0.3) is 0 Å². The van der Waals surface area contributed by atoms with Gasteiger partial charge >= 0.3 is 0 Å². The third-order valence-electron chi connectivity index (χ3n) is 1.62. The van der Waals surface area contributed by atoms with Crippen molar-refractivity contribution in [2.45, 2.75) is 20.3 Å². The summed E-state index contributed by atoms with van der Waals surface area (Å²) < 4.78 is 0. The minimum atomic E-state index is 0.418. The Labute approximate surface area is 61.3 Å². The van der Waals surface area contributed by atoms with Gasteiger partial charge in [-0.05, 0) is 42.7 Å². The highest BCUT2D eigenvalue weighted by Gasteiger charge is 1.99. The zero-order chi connectivity index (χ0) is 7.56. The van der Waals surface area contributed by atoms with Crippen LogP contribution in [0.2, 0.25) is 0 Å². The Balaban J connectivity index is 3.14. The lowest BCUT2D eigenvalue weighted by atomic mass is 10.1. The second kappa shape index (κ2) is 2.74. The number of hydrogen-bond acceptors (Lipinski definition) is 1. The van der Waals surface area contributed by atoms with Crippen molar-refractivity contribution in [2.75, 3.05) is 0 Å². The molecular weight excluding hydrogens is 124 g/mol. The fourth-order valence-electron chi connectivity index (χ4n) is 0.927. The largest absolute Gasteiger partial charge is 0.507 e. The predicted octanol–water partition coefficient (Wildman–Crippen LogP) is 2.06. The molecule has 0 aliphatic rings. The quantitative estimate of drug-likeness (QED) is 0.625. The zero-order valence-corrected chi connectivity index (χ0v) is 6.31. The van der Waals surface area contributed by atoms with Gasteiger partial charge in [0.05, 0.1) is 0 Å². The summed E-state index contributed by atoms with van der Waals surface area (Å²) in [7, 11) is 0. The third-order valence-corrected chi connectivity index (χ3v) is 1.62. The van der Waals surface area contributed by atoms with E-state index in [-0.39, 0.29) is 0 Å². The molecule has 0 spiro atoms. The van der Waals surface area contributed by atoms with Crippen LogP contribution in [-0.2, 0) is 6.42 Å². The van der Waals surface area contributed by atoms with Crippen molar-refractivity contribution < 1.29 is 5.11 Å². The Morgan fingerprint density at radius 1 is 1.50 bits per heavy atom. The van der Waals surface area contributed by atoms with Crippen molar-refractivity contribution in [2.24, 2.45) is 0 Å². The molecule has 10 heavy (non-hydrogen) atoms. The Kier molecular flexibility index (Phi) is 1.95. The molecule has 0 saturated heterocycles. The number of hydrogen-bond donors (Lipinski definition) is 1. The molecule has 1 aromatic carbocycles. The van der Waals surface area contributed by atoms with Gasteiger partial charge in [-0.15, -0.1) is 0 Å². The maximum Gasteiger partial charge on any atom is 0.121 e. The number of benzene rings is 1. The van der Waals surface area contributed by atoms with E-state index in [1.807, 2.05) is 19.9 Å². The summed E-state index contributed by atoms with van der Waals surface area (Å²) in [6, 6.07) is 6.57. The van der Waals surface area contributed by atoms with Crippen molar-refractivity contribution in [1.29, 1.82) is 0 Å². The van der Waals surface area contributed by atoms with Crippen LogP contribution in [0.3, 0.4) is 0 Å². The minimum Gasteiger partial charge on any atom is -0.507 e. The van der Waals surface area contributed by atoms with E-state index in [4.69, 9.17) is 0 Å². The van der Waals surface area contributed by atoms with E-state index in [0.717, 1.165) is 17.5 Å². The summed E-state index contributed by atoms with van der Waals surface area (Å²) in [5.41, 5.74) is 1.87. The summed E-state index contributed by atoms with van der Waals surface area (Å²) >= 11 is 0. The van der Waals surface area contributed by atoms with Crippen LogP contribution >= 0.6 is 0 Å². The molecule has 1 N–H and O–H groups in total. The molecule has 0 bridgehead atoms. The highest BCUT2D eigenvalue weighted by Crippen LogP contribution is 2.20. The molecule has 0 aliphatic carbocycles. The maximum atomic E-state index is 9.38. The van der Waals surface area contributed by atoms with E-state index in [9.17, 15) is 5.11 Å². The third kappa shape index (κ3) is 1.13.